The van der Waals surface area contributed by atoms with Crippen molar-refractivity contribution in [3.63, 3.8) is 0 Å². The number of carboxylic acid groups (broad SMARTS) is 1. The third kappa shape index (κ3) is 6.99. The second-order valence-corrected chi connectivity index (χ2v) is 14.2. The highest BCUT2D eigenvalue weighted by Crippen LogP contribution is 2.44. The molecule has 0 saturated carbocycles. The van der Waals surface area contributed by atoms with Gasteiger partial charge in [0.1, 0.15) is 11.9 Å². The molecule has 0 amide bonds. The predicted octanol–water partition coefficient (Wildman–Crippen LogP) is 5.97. The number of nitrogens with two attached hydrogens (primary N) is 1. The summed E-state index contributed by atoms with van der Waals surface area (Å²) < 4.78 is 50.1. The largest absolute Gasteiger partial charge is 0.480 e. The highest BCUT2D eigenvalue weighted by atomic mass is 35.5. The molecule has 44 heavy (non-hydrogen) atoms. The van der Waals surface area contributed by atoms with Gasteiger partial charge in [0.05, 0.1) is 4.87 Å². The van der Waals surface area contributed by atoms with E-state index in [1.807, 2.05) is 43.9 Å². The monoisotopic (exact) mass is 633 g/mol. The molecule has 1 spiro atoms. The molecule has 12 heteroatoms. The normalized spacial score (nSPS) is 26.0. The van der Waals surface area contributed by atoms with Crippen molar-refractivity contribution in [1.82, 2.24) is 15.3 Å². The molecule has 4 N–H and O–H groups in total. The Bertz CT molecular complexity index is 1460. The Labute approximate surface area is 260 Å². The van der Waals surface area contributed by atoms with Gasteiger partial charge in [0.2, 0.25) is 17.9 Å². The van der Waals surface area contributed by atoms with Crippen molar-refractivity contribution < 1.29 is 27.8 Å². The van der Waals surface area contributed by atoms with Crippen LogP contribution in [0.25, 0.3) is 5.57 Å². The van der Waals surface area contributed by atoms with E-state index in [9.17, 15) is 23.1 Å². The molecule has 5 rings (SSSR count). The van der Waals surface area contributed by atoms with E-state index in [1.54, 1.807) is 25.1 Å². The number of halogens is 4. The van der Waals surface area contributed by atoms with Crippen LogP contribution in [0.4, 0.5) is 24.9 Å². The highest BCUT2D eigenvalue weighted by molar-refractivity contribution is 6.27. The molecule has 3 aliphatic rings. The third-order valence-electron chi connectivity index (χ3n) is 8.90. The molecule has 0 radical (unpaired) electrons. The minimum Gasteiger partial charge on any atom is -0.480 e. The Morgan fingerprint density at radius 1 is 1.20 bits per heavy atom. The molecule has 8 nitrogen and oxygen atoms in total. The maximum Gasteiger partial charge on any atom is 0.426 e. The van der Waals surface area contributed by atoms with Crippen molar-refractivity contribution in [3.05, 3.63) is 59.7 Å². The molecule has 2 aliphatic heterocycles. The number of carbonyl (C=O) groups is 1. The van der Waals surface area contributed by atoms with E-state index in [-0.39, 0.29) is 22.7 Å². The maximum atomic E-state index is 14.8. The van der Waals surface area contributed by atoms with Gasteiger partial charge in [-0.3, -0.25) is 4.79 Å². The molecule has 2 fully saturated rings. The van der Waals surface area contributed by atoms with E-state index < -0.39 is 35.1 Å². The number of benzene rings is 1. The maximum absolute atomic E-state index is 14.8. The molecule has 1 aromatic carbocycles. The number of anilines is 2. The smallest absolute Gasteiger partial charge is 0.426 e. The average Bonchev–Trinajstić information content (AvgIpc) is 3.34. The van der Waals surface area contributed by atoms with E-state index in [1.165, 1.54) is 12.1 Å². The SMILES string of the molecule is CC1(Cl)C=CC([C@@H](Oc2cc(N3CCC4(CC3)CN[C@H](C(=O)O)C4)nc(N)n2)C(F)(F)F)C(c2cccc(C(C)(C)C)c2)=C1. The number of hydrogen-bond donors (Lipinski definition) is 3. The topological polar surface area (TPSA) is 114 Å². The van der Waals surface area contributed by atoms with Gasteiger partial charge in [-0.25, -0.2) is 0 Å². The summed E-state index contributed by atoms with van der Waals surface area (Å²) in [5, 5.41) is 12.5. The summed E-state index contributed by atoms with van der Waals surface area (Å²) in [5.41, 5.74) is 7.65. The number of rotatable bonds is 6. The van der Waals surface area contributed by atoms with Crippen LogP contribution in [-0.4, -0.2) is 63.9 Å². The highest BCUT2D eigenvalue weighted by Gasteiger charge is 2.49. The number of piperidine rings is 1. The summed E-state index contributed by atoms with van der Waals surface area (Å²) in [7, 11) is 0. The number of aliphatic carboxylic acids is 1. The minimum atomic E-state index is -4.76. The molecule has 2 unspecified atom stereocenters. The Kier molecular flexibility index (Phi) is 8.43. The summed E-state index contributed by atoms with van der Waals surface area (Å²) in [6, 6.07) is 8.30. The van der Waals surface area contributed by atoms with E-state index in [2.05, 4.69) is 15.3 Å². The average molecular weight is 634 g/mol. The van der Waals surface area contributed by atoms with Crippen LogP contribution in [-0.2, 0) is 10.2 Å². The fourth-order valence-electron chi connectivity index (χ4n) is 6.36. The molecule has 2 saturated heterocycles. The first-order chi connectivity index (χ1) is 20.4. The second kappa shape index (κ2) is 11.6. The van der Waals surface area contributed by atoms with Gasteiger partial charge >= 0.3 is 12.1 Å². The van der Waals surface area contributed by atoms with E-state index in [0.717, 1.165) is 5.56 Å². The lowest BCUT2D eigenvalue weighted by molar-refractivity contribution is -0.201. The van der Waals surface area contributed by atoms with E-state index in [0.29, 0.717) is 55.9 Å². The quantitative estimate of drug-likeness (QED) is 0.264. The first-order valence-corrected chi connectivity index (χ1v) is 15.1. The van der Waals surface area contributed by atoms with Crippen LogP contribution in [0.1, 0.15) is 58.1 Å². The van der Waals surface area contributed by atoms with Crippen molar-refractivity contribution in [1.29, 1.82) is 0 Å². The van der Waals surface area contributed by atoms with Crippen LogP contribution >= 0.6 is 11.6 Å². The molecule has 0 bridgehead atoms. The molecular formula is C32H39ClF3N5O3. The fourth-order valence-corrected chi connectivity index (χ4v) is 6.55. The Balaban J connectivity index is 1.41. The first kappa shape index (κ1) is 32.1. The summed E-state index contributed by atoms with van der Waals surface area (Å²) in [6.07, 6.45) is -0.423. The van der Waals surface area contributed by atoms with Crippen LogP contribution in [0.3, 0.4) is 0 Å². The number of nitrogens with one attached hydrogen (secondary N) is 1. The van der Waals surface area contributed by atoms with Gasteiger partial charge in [-0.2, -0.15) is 23.1 Å². The summed E-state index contributed by atoms with van der Waals surface area (Å²) >= 11 is 6.63. The number of allylic oxidation sites excluding steroid dienone is 2. The lowest BCUT2D eigenvalue weighted by Crippen LogP contribution is -2.43. The number of hydrogen-bond acceptors (Lipinski definition) is 7. The number of nitrogen functional groups attached to an aromatic ring is 1. The second-order valence-electron chi connectivity index (χ2n) is 13.4. The van der Waals surface area contributed by atoms with Gasteiger partial charge in [-0.1, -0.05) is 63.3 Å². The Morgan fingerprint density at radius 3 is 2.52 bits per heavy atom. The first-order valence-electron chi connectivity index (χ1n) is 14.8. The van der Waals surface area contributed by atoms with Gasteiger partial charge in [0.25, 0.3) is 0 Å². The number of carboxylic acids is 1. The van der Waals surface area contributed by atoms with E-state index in [4.69, 9.17) is 22.1 Å². The van der Waals surface area contributed by atoms with Crippen molar-refractivity contribution in [2.24, 2.45) is 11.3 Å². The predicted molar refractivity (Wildman–Crippen MR) is 165 cm³/mol. The van der Waals surface area contributed by atoms with Crippen LogP contribution in [0.15, 0.2) is 48.6 Å². The van der Waals surface area contributed by atoms with Crippen molar-refractivity contribution >= 4 is 34.9 Å². The molecule has 1 aromatic heterocycles. The zero-order chi connectivity index (χ0) is 32.1. The third-order valence-corrected chi connectivity index (χ3v) is 9.13. The minimum absolute atomic E-state index is 0.143. The molecule has 3 heterocycles. The van der Waals surface area contributed by atoms with Gasteiger partial charge in [0, 0.05) is 31.6 Å². The van der Waals surface area contributed by atoms with Gasteiger partial charge in [-0.15, -0.1) is 11.6 Å². The Hall–Kier alpha value is -3.31. The van der Waals surface area contributed by atoms with Crippen molar-refractivity contribution in [3.8, 4) is 5.88 Å². The lowest BCUT2D eigenvalue weighted by Gasteiger charge is -2.39. The molecule has 2 aromatic rings. The van der Waals surface area contributed by atoms with Crippen LogP contribution in [0.5, 0.6) is 5.88 Å². The van der Waals surface area contributed by atoms with Crippen molar-refractivity contribution in [2.45, 2.75) is 75.6 Å². The molecule has 1 aliphatic carbocycles. The van der Waals surface area contributed by atoms with Gasteiger partial charge in [-0.05, 0) is 53.7 Å². The van der Waals surface area contributed by atoms with Crippen molar-refractivity contribution in [2.75, 3.05) is 30.3 Å². The van der Waals surface area contributed by atoms with E-state index >= 15 is 0 Å². The zero-order valence-electron chi connectivity index (χ0n) is 25.3. The number of nitrogens with zero attached hydrogens (tertiary/aromatic N) is 3. The number of ether oxygens (including phenoxy) is 1. The summed E-state index contributed by atoms with van der Waals surface area (Å²) in [4.78, 5) is 20.7. The van der Waals surface area contributed by atoms with Crippen LogP contribution in [0, 0.1) is 11.3 Å². The van der Waals surface area contributed by atoms with Crippen LogP contribution in [0.2, 0.25) is 0 Å². The molecule has 238 valence electrons. The zero-order valence-corrected chi connectivity index (χ0v) is 26.0. The van der Waals surface area contributed by atoms with Crippen LogP contribution < -0.4 is 20.7 Å². The van der Waals surface area contributed by atoms with Gasteiger partial charge < -0.3 is 25.8 Å². The molecule has 4 atom stereocenters. The number of alkyl halides is 4. The Morgan fingerprint density at radius 2 is 1.91 bits per heavy atom. The standard InChI is InChI=1S/C32H39ClF3N5O3/c1-29(2,3)20-7-5-6-19(14-20)22-16-30(4,33)9-8-21(22)26(32(34,35)36)44-25-15-24(39-28(37)40-25)41-12-10-31(11-13-41)17-23(27(42)43)38-18-31/h5-9,14-16,21,23,26,38H,10-13,17-18H2,1-4H3,(H,42,43)(H2,37,39,40)/t21?,23-,26+,30?/m0/s1. The summed E-state index contributed by atoms with van der Waals surface area (Å²) in [5.74, 6) is -2.18. The number of aromatic nitrogens is 2. The molecular weight excluding hydrogens is 595 g/mol. The lowest BCUT2D eigenvalue weighted by atomic mass is 9.76. The van der Waals surface area contributed by atoms with Gasteiger partial charge in [0.15, 0.2) is 0 Å². The summed E-state index contributed by atoms with van der Waals surface area (Å²) in [6.45, 7) is 9.55. The fraction of sp³-hybridized carbons (Fsp3) is 0.531.